The van der Waals surface area contributed by atoms with E-state index in [1.54, 1.807) is 30.5 Å². The van der Waals surface area contributed by atoms with E-state index in [2.05, 4.69) is 4.98 Å². The third-order valence-electron chi connectivity index (χ3n) is 4.39. The number of aryl methyl sites for hydroxylation is 1. The van der Waals surface area contributed by atoms with Gasteiger partial charge in [0.2, 0.25) is 5.82 Å². The van der Waals surface area contributed by atoms with E-state index in [-0.39, 0.29) is 5.56 Å². The van der Waals surface area contributed by atoms with Gasteiger partial charge in [-0.15, -0.1) is 0 Å². The minimum absolute atomic E-state index is 0.258. The predicted octanol–water partition coefficient (Wildman–Crippen LogP) is 5.57. The lowest BCUT2D eigenvalue weighted by molar-refractivity contribution is 0.0983. The first kappa shape index (κ1) is 19.7. The van der Waals surface area contributed by atoms with Crippen LogP contribution < -0.4 is 0 Å². The van der Waals surface area contributed by atoms with E-state index < -0.39 is 53.3 Å². The Labute approximate surface area is 157 Å². The minimum Gasteiger partial charge on any atom is -0.294 e. The summed E-state index contributed by atoms with van der Waals surface area (Å²) in [5.74, 6) is -10.6. The largest absolute Gasteiger partial charge is 0.294 e. The Morgan fingerprint density at radius 1 is 0.857 bits per heavy atom. The second-order valence-electron chi connectivity index (χ2n) is 6.19. The number of carbonyl (C=O) groups excluding carboxylic acids is 1. The zero-order chi connectivity index (χ0) is 20.4. The van der Waals surface area contributed by atoms with Crippen LogP contribution in [0.25, 0.3) is 11.3 Å². The molecule has 3 rings (SSSR count). The third-order valence-corrected chi connectivity index (χ3v) is 4.39. The van der Waals surface area contributed by atoms with Crippen molar-refractivity contribution in [1.82, 2.24) is 4.98 Å². The molecule has 3 aromatic rings. The molecule has 7 heteroatoms. The van der Waals surface area contributed by atoms with Crippen molar-refractivity contribution >= 4 is 5.78 Å². The number of pyridine rings is 1. The monoisotopic (exact) mass is 391 g/mol. The summed E-state index contributed by atoms with van der Waals surface area (Å²) in [6.07, 6.45) is 0.514. The molecule has 0 N–H and O–H groups in total. The first-order valence-electron chi connectivity index (χ1n) is 8.37. The Balaban J connectivity index is 1.92. The standard InChI is InChI=1S/C21H14F5NO/c1-11-5-4-10-27-21(11)13-7-3-2-6-12(13)15(28)9-8-14-16(22)18(24)20(26)19(25)17(14)23/h2-7,10H,8-9H2,1H3. The van der Waals surface area contributed by atoms with Crippen LogP contribution in [0, 0.1) is 36.0 Å². The molecule has 2 nitrogen and oxygen atoms in total. The van der Waals surface area contributed by atoms with Crippen LogP contribution >= 0.6 is 0 Å². The topological polar surface area (TPSA) is 30.0 Å². The Hall–Kier alpha value is -3.09. The smallest absolute Gasteiger partial charge is 0.200 e. The molecule has 0 atom stereocenters. The van der Waals surface area contributed by atoms with E-state index >= 15 is 0 Å². The van der Waals surface area contributed by atoms with E-state index in [0.717, 1.165) is 5.56 Å². The molecule has 0 unspecified atom stereocenters. The van der Waals surface area contributed by atoms with E-state index in [4.69, 9.17) is 0 Å². The van der Waals surface area contributed by atoms with Crippen LogP contribution in [0.4, 0.5) is 22.0 Å². The lowest BCUT2D eigenvalue weighted by Crippen LogP contribution is -2.10. The van der Waals surface area contributed by atoms with Gasteiger partial charge in [0.25, 0.3) is 0 Å². The zero-order valence-corrected chi connectivity index (χ0v) is 14.7. The van der Waals surface area contributed by atoms with Crippen molar-refractivity contribution in [3.8, 4) is 11.3 Å². The Morgan fingerprint density at radius 2 is 1.46 bits per heavy atom. The lowest BCUT2D eigenvalue weighted by atomic mass is 9.95. The van der Waals surface area contributed by atoms with Crippen molar-refractivity contribution in [2.24, 2.45) is 0 Å². The van der Waals surface area contributed by atoms with Crippen LogP contribution in [0.1, 0.15) is 27.9 Å². The fraction of sp³-hybridized carbons (Fsp3) is 0.143. The number of nitrogens with zero attached hydrogens (tertiary/aromatic N) is 1. The number of aromatic nitrogens is 1. The number of carbonyl (C=O) groups is 1. The number of hydrogen-bond donors (Lipinski definition) is 0. The van der Waals surface area contributed by atoms with Gasteiger partial charge in [-0.2, -0.15) is 0 Å². The summed E-state index contributed by atoms with van der Waals surface area (Å²) in [5, 5.41) is 0. The lowest BCUT2D eigenvalue weighted by Gasteiger charge is -2.11. The maximum Gasteiger partial charge on any atom is 0.200 e. The minimum atomic E-state index is -2.22. The first-order valence-corrected chi connectivity index (χ1v) is 8.37. The molecule has 0 aliphatic carbocycles. The molecule has 0 aliphatic heterocycles. The highest BCUT2D eigenvalue weighted by Gasteiger charge is 2.26. The molecule has 28 heavy (non-hydrogen) atoms. The Kier molecular flexibility index (Phi) is 5.53. The van der Waals surface area contributed by atoms with Crippen LogP contribution in [0.3, 0.4) is 0 Å². The molecule has 1 heterocycles. The number of hydrogen-bond acceptors (Lipinski definition) is 2. The molecule has 0 radical (unpaired) electrons. The molecule has 2 aromatic carbocycles. The molecule has 0 aliphatic rings. The Bertz CT molecular complexity index is 1040. The SMILES string of the molecule is Cc1cccnc1-c1ccccc1C(=O)CCc1c(F)c(F)c(F)c(F)c1F. The van der Waals surface area contributed by atoms with Crippen molar-refractivity contribution in [3.05, 3.63) is 88.4 Å². The summed E-state index contributed by atoms with van der Waals surface area (Å²) >= 11 is 0. The fourth-order valence-corrected chi connectivity index (χ4v) is 2.94. The summed E-state index contributed by atoms with van der Waals surface area (Å²) in [6, 6.07) is 10.1. The van der Waals surface area contributed by atoms with Crippen LogP contribution in [-0.2, 0) is 6.42 Å². The highest BCUT2D eigenvalue weighted by atomic mass is 19.2. The van der Waals surface area contributed by atoms with Gasteiger partial charge in [0.05, 0.1) is 5.69 Å². The van der Waals surface area contributed by atoms with Gasteiger partial charge < -0.3 is 0 Å². The summed E-state index contributed by atoms with van der Waals surface area (Å²) in [6.45, 7) is 1.82. The summed E-state index contributed by atoms with van der Waals surface area (Å²) in [4.78, 5) is 16.9. The number of rotatable bonds is 5. The fourth-order valence-electron chi connectivity index (χ4n) is 2.94. The van der Waals surface area contributed by atoms with Gasteiger partial charge in [-0.1, -0.05) is 30.3 Å². The van der Waals surface area contributed by atoms with Crippen molar-refractivity contribution in [3.63, 3.8) is 0 Å². The van der Waals surface area contributed by atoms with Gasteiger partial charge in [0.1, 0.15) is 0 Å². The molecule has 0 fully saturated rings. The first-order chi connectivity index (χ1) is 13.3. The van der Waals surface area contributed by atoms with Crippen LogP contribution in [0.2, 0.25) is 0 Å². The molecule has 0 spiro atoms. The highest BCUT2D eigenvalue weighted by molar-refractivity contribution is 6.02. The van der Waals surface area contributed by atoms with Crippen LogP contribution in [-0.4, -0.2) is 10.8 Å². The van der Waals surface area contributed by atoms with Gasteiger partial charge in [-0.25, -0.2) is 22.0 Å². The zero-order valence-electron chi connectivity index (χ0n) is 14.7. The van der Waals surface area contributed by atoms with Gasteiger partial charge in [-0.05, 0) is 25.0 Å². The molecule has 0 saturated carbocycles. The molecule has 0 amide bonds. The summed E-state index contributed by atoms with van der Waals surface area (Å²) < 4.78 is 67.4. The van der Waals surface area contributed by atoms with Crippen molar-refractivity contribution in [2.75, 3.05) is 0 Å². The average Bonchev–Trinajstić information content (AvgIpc) is 2.71. The average molecular weight is 391 g/mol. The second kappa shape index (κ2) is 7.88. The van der Waals surface area contributed by atoms with E-state index in [1.165, 1.54) is 6.07 Å². The van der Waals surface area contributed by atoms with Crippen LogP contribution in [0.5, 0.6) is 0 Å². The van der Waals surface area contributed by atoms with Crippen LogP contribution in [0.15, 0.2) is 42.6 Å². The number of ketones is 1. The van der Waals surface area contributed by atoms with Gasteiger partial charge >= 0.3 is 0 Å². The molecular formula is C21H14F5NO. The third kappa shape index (κ3) is 3.52. The molecule has 0 bridgehead atoms. The molecule has 144 valence electrons. The van der Waals surface area contributed by atoms with Crippen molar-refractivity contribution in [2.45, 2.75) is 19.8 Å². The van der Waals surface area contributed by atoms with Gasteiger partial charge in [0, 0.05) is 29.3 Å². The molecule has 0 saturated heterocycles. The molecule has 1 aromatic heterocycles. The highest BCUT2D eigenvalue weighted by Crippen LogP contribution is 2.28. The summed E-state index contributed by atoms with van der Waals surface area (Å²) in [5.41, 5.74) is 1.18. The van der Waals surface area contributed by atoms with Gasteiger partial charge in [0.15, 0.2) is 29.1 Å². The molecular weight excluding hydrogens is 377 g/mol. The second-order valence-corrected chi connectivity index (χ2v) is 6.19. The maximum absolute atomic E-state index is 13.8. The predicted molar refractivity (Wildman–Crippen MR) is 93.3 cm³/mol. The quantitative estimate of drug-likeness (QED) is 0.246. The van der Waals surface area contributed by atoms with Gasteiger partial charge in [-0.3, -0.25) is 9.78 Å². The number of halogens is 5. The van der Waals surface area contributed by atoms with Crippen molar-refractivity contribution in [1.29, 1.82) is 0 Å². The normalized spacial score (nSPS) is 10.9. The van der Waals surface area contributed by atoms with Crippen molar-refractivity contribution < 1.29 is 26.7 Å². The Morgan fingerprint density at radius 3 is 2.11 bits per heavy atom. The number of Topliss-reactive ketones (excluding diaryl/α,β-unsaturated/α-hetero) is 1. The van der Waals surface area contributed by atoms with E-state index in [0.29, 0.717) is 11.3 Å². The summed E-state index contributed by atoms with van der Waals surface area (Å²) in [7, 11) is 0. The maximum atomic E-state index is 13.8. The van der Waals surface area contributed by atoms with E-state index in [1.807, 2.05) is 13.0 Å². The number of benzene rings is 2. The van der Waals surface area contributed by atoms with E-state index in [9.17, 15) is 26.7 Å².